The Bertz CT molecular complexity index is 1250. The van der Waals surface area contributed by atoms with Gasteiger partial charge in [0.2, 0.25) is 0 Å². The quantitative estimate of drug-likeness (QED) is 0.447. The lowest BCUT2D eigenvalue weighted by Crippen LogP contribution is -2.32. The van der Waals surface area contributed by atoms with Gasteiger partial charge in [-0.1, -0.05) is 22.4 Å². The van der Waals surface area contributed by atoms with Gasteiger partial charge in [0, 0.05) is 31.7 Å². The molecule has 0 N–H and O–H groups in total. The summed E-state index contributed by atoms with van der Waals surface area (Å²) in [7, 11) is 0. The number of likely N-dealkylation sites (tertiary alicyclic amines) is 1. The number of fused-ring (bicyclic) bond motifs is 1. The molecule has 1 unspecified atom stereocenters. The van der Waals surface area contributed by atoms with Crippen molar-refractivity contribution in [2.75, 3.05) is 13.1 Å². The van der Waals surface area contributed by atoms with Gasteiger partial charge in [0.05, 0.1) is 17.5 Å². The van der Waals surface area contributed by atoms with E-state index in [0.29, 0.717) is 28.6 Å². The van der Waals surface area contributed by atoms with Crippen LogP contribution in [-0.2, 0) is 13.0 Å². The lowest BCUT2D eigenvalue weighted by molar-refractivity contribution is 0.0755. The third kappa shape index (κ3) is 4.72. The van der Waals surface area contributed by atoms with E-state index in [1.165, 1.54) is 0 Å². The average Bonchev–Trinajstić information content (AvgIpc) is 3.40. The number of hydrogen-bond donors (Lipinski definition) is 0. The molecule has 5 rings (SSSR count). The Kier molecular flexibility index (Phi) is 6.01. The van der Waals surface area contributed by atoms with Crippen LogP contribution in [0.4, 0.5) is 0 Å². The highest BCUT2D eigenvalue weighted by atomic mass is 16.6. The summed E-state index contributed by atoms with van der Waals surface area (Å²) in [5, 5.41) is 7.62. The SMILES string of the molecule is Cc1nonc1COc1ccccc1C(=O)N1CCCC(Cc2cn3ccnc3cn2)CC1. The summed E-state index contributed by atoms with van der Waals surface area (Å²) in [5.41, 5.74) is 3.78. The molecule has 4 aromatic rings. The molecular weight excluding hydrogens is 420 g/mol. The maximum Gasteiger partial charge on any atom is 0.257 e. The summed E-state index contributed by atoms with van der Waals surface area (Å²) in [6, 6.07) is 7.36. The van der Waals surface area contributed by atoms with Crippen LogP contribution in [0.25, 0.3) is 5.65 Å². The van der Waals surface area contributed by atoms with Gasteiger partial charge in [-0.25, -0.2) is 9.61 Å². The third-order valence-corrected chi connectivity index (χ3v) is 6.19. The Morgan fingerprint density at radius 3 is 2.97 bits per heavy atom. The molecule has 9 nitrogen and oxygen atoms in total. The predicted octanol–water partition coefficient (Wildman–Crippen LogP) is 3.48. The second kappa shape index (κ2) is 9.40. The van der Waals surface area contributed by atoms with Crippen molar-refractivity contribution in [1.29, 1.82) is 0 Å². The molecule has 1 aromatic carbocycles. The van der Waals surface area contributed by atoms with Crippen LogP contribution in [-0.4, -0.2) is 48.6 Å². The number of hydrogen-bond acceptors (Lipinski definition) is 7. The normalized spacial score (nSPS) is 16.6. The van der Waals surface area contributed by atoms with Crippen molar-refractivity contribution in [1.82, 2.24) is 29.6 Å². The fourth-order valence-corrected chi connectivity index (χ4v) is 4.31. The smallest absolute Gasteiger partial charge is 0.257 e. The summed E-state index contributed by atoms with van der Waals surface area (Å²) >= 11 is 0. The molecule has 0 spiro atoms. The first-order valence-corrected chi connectivity index (χ1v) is 11.2. The van der Waals surface area contributed by atoms with E-state index >= 15 is 0 Å². The number of carbonyl (C=O) groups excluding carboxylic acids is 1. The Hall–Kier alpha value is -3.75. The van der Waals surface area contributed by atoms with E-state index in [0.717, 1.165) is 50.1 Å². The van der Waals surface area contributed by atoms with Crippen molar-refractivity contribution in [3.63, 3.8) is 0 Å². The van der Waals surface area contributed by atoms with Crippen molar-refractivity contribution in [2.45, 2.75) is 39.2 Å². The Labute approximate surface area is 191 Å². The first kappa shape index (κ1) is 21.1. The van der Waals surface area contributed by atoms with Gasteiger partial charge in [-0.2, -0.15) is 0 Å². The Balaban J connectivity index is 1.23. The van der Waals surface area contributed by atoms with Crippen LogP contribution in [0.5, 0.6) is 5.75 Å². The van der Waals surface area contributed by atoms with Gasteiger partial charge in [0.25, 0.3) is 5.91 Å². The fraction of sp³-hybridized carbons (Fsp3) is 0.375. The lowest BCUT2D eigenvalue weighted by atomic mass is 9.95. The number of amides is 1. The van der Waals surface area contributed by atoms with Crippen LogP contribution in [0.1, 0.15) is 46.7 Å². The molecule has 1 aliphatic rings. The molecule has 170 valence electrons. The maximum absolute atomic E-state index is 13.4. The van der Waals surface area contributed by atoms with Gasteiger partial charge in [-0.15, -0.1) is 0 Å². The van der Waals surface area contributed by atoms with Gasteiger partial charge in [0.15, 0.2) is 5.65 Å². The highest BCUT2D eigenvalue weighted by molar-refractivity contribution is 5.97. The molecule has 0 bridgehead atoms. The molecule has 1 amide bonds. The van der Waals surface area contributed by atoms with Crippen molar-refractivity contribution >= 4 is 11.6 Å². The summed E-state index contributed by atoms with van der Waals surface area (Å²) < 4.78 is 12.6. The number of carbonyl (C=O) groups is 1. The standard InChI is InChI=1S/C24H26N6O3/c1-17-21(28-33-27-17)16-32-22-7-3-2-6-20(22)24(31)29-10-4-5-18(8-11-29)13-19-15-30-12-9-25-23(30)14-26-19/h2-3,6-7,9,12,14-15,18H,4-5,8,10-11,13,16H2,1H3. The molecule has 0 aliphatic carbocycles. The van der Waals surface area contributed by atoms with E-state index in [1.54, 1.807) is 6.20 Å². The van der Waals surface area contributed by atoms with Crippen molar-refractivity contribution in [2.24, 2.45) is 5.92 Å². The van der Waals surface area contributed by atoms with Crippen LogP contribution in [0.2, 0.25) is 0 Å². The molecule has 33 heavy (non-hydrogen) atoms. The van der Waals surface area contributed by atoms with E-state index in [1.807, 2.05) is 52.9 Å². The largest absolute Gasteiger partial charge is 0.486 e. The number of nitrogens with zero attached hydrogens (tertiary/aromatic N) is 6. The number of ether oxygens (including phenoxy) is 1. The molecule has 1 saturated heterocycles. The van der Waals surface area contributed by atoms with Gasteiger partial charge < -0.3 is 14.0 Å². The predicted molar refractivity (Wildman–Crippen MR) is 120 cm³/mol. The summed E-state index contributed by atoms with van der Waals surface area (Å²) in [4.78, 5) is 24.1. The Morgan fingerprint density at radius 1 is 1.18 bits per heavy atom. The van der Waals surface area contributed by atoms with Crippen LogP contribution < -0.4 is 4.74 Å². The zero-order chi connectivity index (χ0) is 22.6. The van der Waals surface area contributed by atoms with E-state index < -0.39 is 0 Å². The molecular formula is C24H26N6O3. The van der Waals surface area contributed by atoms with Gasteiger partial charge in [0.1, 0.15) is 23.7 Å². The molecule has 1 fully saturated rings. The van der Waals surface area contributed by atoms with Crippen LogP contribution in [0.3, 0.4) is 0 Å². The highest BCUT2D eigenvalue weighted by Crippen LogP contribution is 2.26. The van der Waals surface area contributed by atoms with Crippen LogP contribution >= 0.6 is 0 Å². The number of imidazole rings is 1. The summed E-state index contributed by atoms with van der Waals surface area (Å²) in [5.74, 6) is 1.04. The topological polar surface area (TPSA) is 98.6 Å². The summed E-state index contributed by atoms with van der Waals surface area (Å²) in [6.07, 6.45) is 11.5. The number of aromatic nitrogens is 5. The van der Waals surface area contributed by atoms with Crippen LogP contribution in [0, 0.1) is 12.8 Å². The van der Waals surface area contributed by atoms with Crippen LogP contribution in [0.15, 0.2) is 53.7 Å². The molecule has 0 radical (unpaired) electrons. The number of para-hydroxylation sites is 1. The fourth-order valence-electron chi connectivity index (χ4n) is 4.31. The molecule has 3 aromatic heterocycles. The van der Waals surface area contributed by atoms with Gasteiger partial charge in [-0.3, -0.25) is 9.78 Å². The van der Waals surface area contributed by atoms with E-state index in [4.69, 9.17) is 9.37 Å². The van der Waals surface area contributed by atoms with E-state index in [-0.39, 0.29) is 12.5 Å². The zero-order valence-corrected chi connectivity index (χ0v) is 18.6. The van der Waals surface area contributed by atoms with Gasteiger partial charge >= 0.3 is 0 Å². The number of rotatable bonds is 6. The number of benzene rings is 1. The van der Waals surface area contributed by atoms with Crippen molar-refractivity contribution in [3.8, 4) is 5.75 Å². The lowest BCUT2D eigenvalue weighted by Gasteiger charge is -2.22. The van der Waals surface area contributed by atoms with E-state index in [2.05, 4.69) is 26.5 Å². The van der Waals surface area contributed by atoms with Gasteiger partial charge in [-0.05, 0) is 50.7 Å². The summed E-state index contributed by atoms with van der Waals surface area (Å²) in [6.45, 7) is 3.47. The monoisotopic (exact) mass is 446 g/mol. The first-order valence-electron chi connectivity index (χ1n) is 11.2. The second-order valence-corrected chi connectivity index (χ2v) is 8.45. The minimum absolute atomic E-state index is 0.000732. The Morgan fingerprint density at radius 2 is 2.09 bits per heavy atom. The molecule has 9 heteroatoms. The van der Waals surface area contributed by atoms with E-state index in [9.17, 15) is 4.79 Å². The second-order valence-electron chi connectivity index (χ2n) is 8.45. The zero-order valence-electron chi connectivity index (χ0n) is 18.6. The first-order chi connectivity index (χ1) is 16.2. The van der Waals surface area contributed by atoms with Crippen molar-refractivity contribution < 1.29 is 14.2 Å². The molecule has 0 saturated carbocycles. The minimum Gasteiger partial charge on any atom is -0.486 e. The minimum atomic E-state index is -0.000732. The molecule has 1 aliphatic heterocycles. The highest BCUT2D eigenvalue weighted by Gasteiger charge is 2.24. The number of aryl methyl sites for hydroxylation is 1. The molecule has 1 atom stereocenters. The maximum atomic E-state index is 13.4. The third-order valence-electron chi connectivity index (χ3n) is 6.19. The average molecular weight is 447 g/mol. The van der Waals surface area contributed by atoms with Crippen molar-refractivity contribution in [3.05, 3.63) is 71.7 Å². The molecule has 4 heterocycles.